The van der Waals surface area contributed by atoms with Crippen molar-refractivity contribution in [3.8, 4) is 39.1 Å². The van der Waals surface area contributed by atoms with Crippen LogP contribution in [0.3, 0.4) is 0 Å². The largest absolute Gasteiger partial charge is 0.309 e. The van der Waals surface area contributed by atoms with Gasteiger partial charge < -0.3 is 9.47 Å². The number of hydrogen-bond acceptors (Lipinski definition) is 1. The first-order chi connectivity index (χ1) is 26.8. The van der Waals surface area contributed by atoms with Crippen LogP contribution >= 0.6 is 0 Å². The monoisotopic (exact) mass is 688 g/mol. The molecule has 2 nitrogen and oxygen atoms in total. The Kier molecular flexibility index (Phi) is 7.85. The van der Waals surface area contributed by atoms with E-state index in [1.54, 1.807) is 0 Å². The lowest BCUT2D eigenvalue weighted by Gasteiger charge is -2.29. The van der Waals surface area contributed by atoms with Crippen LogP contribution in [0, 0.1) is 0 Å². The Hall–Kier alpha value is -7.16. The van der Waals surface area contributed by atoms with Gasteiger partial charge in [0.25, 0.3) is 0 Å². The summed E-state index contributed by atoms with van der Waals surface area (Å²) >= 11 is 0. The fraction of sp³-hybridized carbons (Fsp3) is 0. The van der Waals surface area contributed by atoms with E-state index >= 15 is 0 Å². The number of anilines is 3. The van der Waals surface area contributed by atoms with Crippen LogP contribution in [0.5, 0.6) is 0 Å². The molecule has 0 atom stereocenters. The molecular weight excluding hydrogens is 653 g/mol. The van der Waals surface area contributed by atoms with Crippen molar-refractivity contribution in [3.05, 3.63) is 218 Å². The summed E-state index contributed by atoms with van der Waals surface area (Å²) in [5, 5.41) is 4.84. The summed E-state index contributed by atoms with van der Waals surface area (Å²) in [6, 6.07) is 78.9. The van der Waals surface area contributed by atoms with Crippen molar-refractivity contribution >= 4 is 49.6 Å². The fourth-order valence-electron chi connectivity index (χ4n) is 8.21. The normalized spacial score (nSPS) is 11.3. The van der Waals surface area contributed by atoms with E-state index in [-0.39, 0.29) is 0 Å². The molecule has 9 aromatic carbocycles. The molecule has 0 spiro atoms. The van der Waals surface area contributed by atoms with E-state index in [1.807, 2.05) is 0 Å². The molecular formula is C52H36N2. The number of benzene rings is 9. The van der Waals surface area contributed by atoms with Crippen molar-refractivity contribution in [1.29, 1.82) is 0 Å². The molecule has 0 bridgehead atoms. The van der Waals surface area contributed by atoms with E-state index in [4.69, 9.17) is 0 Å². The van der Waals surface area contributed by atoms with Crippen molar-refractivity contribution in [1.82, 2.24) is 4.57 Å². The Morgan fingerprint density at radius 2 is 0.852 bits per heavy atom. The standard InChI is InChI=1S/C52H36N2/c1-4-18-37(19-5-1)42-26-10-11-27-43(42)39-22-16-25-41(36-39)54(49-35-34-44(38-20-6-2-7-21-38)45-28-12-13-29-46(45)49)51-33-17-32-50-52(51)47-30-14-15-31-48(47)53(50)40-23-8-3-9-24-40/h1-36H. The third kappa shape index (κ3) is 5.36. The molecule has 0 aliphatic heterocycles. The molecule has 1 aromatic heterocycles. The van der Waals surface area contributed by atoms with Crippen LogP contribution in [0.4, 0.5) is 17.1 Å². The lowest BCUT2D eigenvalue weighted by atomic mass is 9.93. The van der Waals surface area contributed by atoms with Crippen LogP contribution < -0.4 is 4.90 Å². The number of aromatic nitrogens is 1. The van der Waals surface area contributed by atoms with Gasteiger partial charge in [0.15, 0.2) is 0 Å². The fourth-order valence-corrected chi connectivity index (χ4v) is 8.21. The third-order valence-corrected chi connectivity index (χ3v) is 10.6. The Labute approximate surface area is 315 Å². The average Bonchev–Trinajstić information content (AvgIpc) is 3.60. The van der Waals surface area contributed by atoms with Gasteiger partial charge in [0.05, 0.1) is 22.4 Å². The Morgan fingerprint density at radius 3 is 1.59 bits per heavy atom. The summed E-state index contributed by atoms with van der Waals surface area (Å²) in [7, 11) is 0. The molecule has 0 saturated carbocycles. The maximum absolute atomic E-state index is 2.48. The highest BCUT2D eigenvalue weighted by molar-refractivity contribution is 6.18. The maximum Gasteiger partial charge on any atom is 0.0562 e. The highest BCUT2D eigenvalue weighted by atomic mass is 15.1. The molecule has 0 N–H and O–H groups in total. The van der Waals surface area contributed by atoms with Crippen molar-refractivity contribution in [2.45, 2.75) is 0 Å². The molecule has 0 aliphatic rings. The first-order valence-electron chi connectivity index (χ1n) is 18.5. The summed E-state index contributed by atoms with van der Waals surface area (Å²) in [5.41, 5.74) is 14.1. The van der Waals surface area contributed by atoms with Gasteiger partial charge in [-0.05, 0) is 87.3 Å². The van der Waals surface area contributed by atoms with Crippen LogP contribution in [0.15, 0.2) is 218 Å². The zero-order valence-corrected chi connectivity index (χ0v) is 29.7. The second kappa shape index (κ2) is 13.4. The molecule has 54 heavy (non-hydrogen) atoms. The highest BCUT2D eigenvalue weighted by Gasteiger charge is 2.23. The second-order valence-corrected chi connectivity index (χ2v) is 13.7. The molecule has 0 aliphatic carbocycles. The molecule has 1 heterocycles. The van der Waals surface area contributed by atoms with Gasteiger partial charge in [0.1, 0.15) is 0 Å². The zero-order valence-electron chi connectivity index (χ0n) is 29.7. The van der Waals surface area contributed by atoms with E-state index in [9.17, 15) is 0 Å². The Bertz CT molecular complexity index is 2930. The molecule has 0 radical (unpaired) electrons. The minimum atomic E-state index is 1.09. The van der Waals surface area contributed by atoms with Gasteiger partial charge in [0, 0.05) is 27.5 Å². The first kappa shape index (κ1) is 31.6. The lowest BCUT2D eigenvalue weighted by Crippen LogP contribution is -2.11. The first-order valence-corrected chi connectivity index (χ1v) is 18.5. The minimum Gasteiger partial charge on any atom is -0.309 e. The topological polar surface area (TPSA) is 8.17 Å². The zero-order chi connectivity index (χ0) is 35.8. The molecule has 0 unspecified atom stereocenters. The summed E-state index contributed by atoms with van der Waals surface area (Å²) in [6.45, 7) is 0. The molecule has 0 amide bonds. The SMILES string of the molecule is c1ccc(-c2ccccc2-c2cccc(N(c3ccc(-c4ccccc4)c4ccccc34)c3cccc4c3c3ccccc3n4-c3ccccc3)c2)cc1. The summed E-state index contributed by atoms with van der Waals surface area (Å²) < 4.78 is 2.40. The molecule has 10 aromatic rings. The number of hydrogen-bond donors (Lipinski definition) is 0. The smallest absolute Gasteiger partial charge is 0.0562 e. The van der Waals surface area contributed by atoms with Gasteiger partial charge in [0.2, 0.25) is 0 Å². The van der Waals surface area contributed by atoms with Crippen LogP contribution in [0.1, 0.15) is 0 Å². The van der Waals surface area contributed by atoms with Crippen LogP contribution in [-0.4, -0.2) is 4.57 Å². The number of fused-ring (bicyclic) bond motifs is 4. The second-order valence-electron chi connectivity index (χ2n) is 13.7. The Balaban J connectivity index is 1.27. The van der Waals surface area contributed by atoms with E-state index in [1.165, 1.54) is 66.0 Å². The number of nitrogens with zero attached hydrogens (tertiary/aromatic N) is 2. The van der Waals surface area contributed by atoms with Crippen molar-refractivity contribution < 1.29 is 0 Å². The van der Waals surface area contributed by atoms with Gasteiger partial charge in [-0.3, -0.25) is 0 Å². The van der Waals surface area contributed by atoms with Crippen LogP contribution in [0.2, 0.25) is 0 Å². The van der Waals surface area contributed by atoms with Crippen LogP contribution in [-0.2, 0) is 0 Å². The van der Waals surface area contributed by atoms with Crippen molar-refractivity contribution in [2.24, 2.45) is 0 Å². The van der Waals surface area contributed by atoms with Gasteiger partial charge in [-0.25, -0.2) is 0 Å². The predicted molar refractivity (Wildman–Crippen MR) is 229 cm³/mol. The van der Waals surface area contributed by atoms with Crippen molar-refractivity contribution in [3.63, 3.8) is 0 Å². The van der Waals surface area contributed by atoms with E-state index < -0.39 is 0 Å². The predicted octanol–water partition coefficient (Wildman–Crippen LogP) is 14.4. The minimum absolute atomic E-state index is 1.09. The van der Waals surface area contributed by atoms with E-state index in [0.29, 0.717) is 0 Å². The molecule has 0 saturated heterocycles. The molecule has 10 rings (SSSR count). The quantitative estimate of drug-likeness (QED) is 0.162. The Morgan fingerprint density at radius 1 is 0.315 bits per heavy atom. The van der Waals surface area contributed by atoms with Gasteiger partial charge >= 0.3 is 0 Å². The van der Waals surface area contributed by atoms with Crippen LogP contribution in [0.25, 0.3) is 71.6 Å². The third-order valence-electron chi connectivity index (χ3n) is 10.6. The molecule has 254 valence electrons. The average molecular weight is 689 g/mol. The van der Waals surface area contributed by atoms with Crippen molar-refractivity contribution in [2.75, 3.05) is 4.90 Å². The van der Waals surface area contributed by atoms with Gasteiger partial charge in [-0.2, -0.15) is 0 Å². The number of para-hydroxylation sites is 2. The molecule has 0 fully saturated rings. The van der Waals surface area contributed by atoms with E-state index in [2.05, 4.69) is 228 Å². The van der Waals surface area contributed by atoms with E-state index in [0.717, 1.165) is 22.7 Å². The van der Waals surface area contributed by atoms with Gasteiger partial charge in [-0.15, -0.1) is 0 Å². The summed E-state index contributed by atoms with van der Waals surface area (Å²) in [6.07, 6.45) is 0. The summed E-state index contributed by atoms with van der Waals surface area (Å²) in [4.78, 5) is 2.48. The maximum atomic E-state index is 2.48. The number of rotatable bonds is 7. The van der Waals surface area contributed by atoms with Gasteiger partial charge in [-0.1, -0.05) is 170 Å². The summed E-state index contributed by atoms with van der Waals surface area (Å²) in [5.74, 6) is 0. The highest BCUT2D eigenvalue weighted by Crippen LogP contribution is 2.47. The molecule has 2 heteroatoms. The lowest BCUT2D eigenvalue weighted by molar-refractivity contribution is 1.18.